The zero-order valence-electron chi connectivity index (χ0n) is 15.5. The summed E-state index contributed by atoms with van der Waals surface area (Å²) >= 11 is 0. The van der Waals surface area contributed by atoms with E-state index in [9.17, 15) is 0 Å². The van der Waals surface area contributed by atoms with E-state index in [0.29, 0.717) is 5.92 Å². The van der Waals surface area contributed by atoms with Crippen LogP contribution in [0.25, 0.3) is 5.57 Å². The lowest BCUT2D eigenvalue weighted by molar-refractivity contribution is 0.317. The van der Waals surface area contributed by atoms with Gasteiger partial charge in [-0.2, -0.15) is 0 Å². The number of benzene rings is 1. The highest BCUT2D eigenvalue weighted by molar-refractivity contribution is 6.05. The monoisotopic (exact) mass is 333 g/mol. The molecule has 0 amide bonds. The van der Waals surface area contributed by atoms with E-state index in [1.54, 1.807) is 6.20 Å². The van der Waals surface area contributed by atoms with Gasteiger partial charge in [0.2, 0.25) is 0 Å². The lowest BCUT2D eigenvalue weighted by Crippen LogP contribution is -2.30. The number of anilines is 1. The van der Waals surface area contributed by atoms with Crippen LogP contribution in [-0.4, -0.2) is 10.6 Å². The fraction of sp³-hybridized carbons (Fsp3) is 0.318. The topological polar surface area (TPSA) is 27.6 Å². The summed E-state index contributed by atoms with van der Waals surface area (Å²) in [5, 5.41) is 3.22. The molecule has 1 aliphatic heterocycles. The van der Waals surface area contributed by atoms with Gasteiger partial charge in [-0.05, 0) is 68.5 Å². The average Bonchev–Trinajstić information content (AvgIpc) is 2.54. The first-order valence-corrected chi connectivity index (χ1v) is 8.91. The van der Waals surface area contributed by atoms with Crippen LogP contribution in [0.4, 0.5) is 5.69 Å². The van der Waals surface area contributed by atoms with E-state index < -0.39 is 0 Å². The minimum absolute atomic E-state index is 0.592. The second-order valence-corrected chi connectivity index (χ2v) is 6.85. The first kappa shape index (κ1) is 17.3. The number of aliphatic imine (C=N–C) groups is 1. The Labute approximate surface area is 151 Å². The number of allylic oxidation sites excluding steroid dienone is 3. The lowest BCUT2D eigenvalue weighted by atomic mass is 9.82. The fourth-order valence-corrected chi connectivity index (χ4v) is 3.41. The summed E-state index contributed by atoms with van der Waals surface area (Å²) in [5.74, 6) is 0.592. The third kappa shape index (κ3) is 3.32. The Morgan fingerprint density at radius 3 is 2.72 bits per heavy atom. The number of hydrogen-bond donors (Lipinski definition) is 1. The summed E-state index contributed by atoms with van der Waals surface area (Å²) in [6, 6.07) is 6.48. The standard InChI is InChI=1S/C22H27N3/c1-6-23-21-14-20(11-10-15(21)2)16(3)22-17(4)24-12-13-25(22)18(5)19-8-7-9-19/h6,10-14,19,23H,1,5,7-9H2,2-4H3/b22-16+. The number of nitrogens with one attached hydrogen (secondary N) is 1. The van der Waals surface area contributed by atoms with Gasteiger partial charge in [-0.3, -0.25) is 4.99 Å². The normalized spacial score (nSPS) is 19.2. The predicted octanol–water partition coefficient (Wildman–Crippen LogP) is 5.84. The number of aryl methyl sites for hydroxylation is 1. The zero-order valence-corrected chi connectivity index (χ0v) is 15.5. The molecule has 1 N–H and O–H groups in total. The maximum absolute atomic E-state index is 4.53. The highest BCUT2D eigenvalue weighted by Gasteiger charge is 2.28. The SMILES string of the molecule is C=CNc1cc(/C(C)=C2\C(C)=NC=CN2C(=C)C2CCC2)ccc1C. The molecule has 3 nitrogen and oxygen atoms in total. The number of hydrogen-bond acceptors (Lipinski definition) is 3. The Bertz CT molecular complexity index is 791. The van der Waals surface area contributed by atoms with Crippen LogP contribution in [0.2, 0.25) is 0 Å². The molecule has 1 heterocycles. The van der Waals surface area contributed by atoms with Gasteiger partial charge in [0.1, 0.15) is 0 Å². The maximum atomic E-state index is 4.53. The van der Waals surface area contributed by atoms with Crippen molar-refractivity contribution in [1.82, 2.24) is 4.90 Å². The van der Waals surface area contributed by atoms with E-state index in [2.05, 4.69) is 67.3 Å². The molecule has 1 aliphatic carbocycles. The van der Waals surface area contributed by atoms with E-state index in [-0.39, 0.29) is 0 Å². The number of nitrogens with zero attached hydrogens (tertiary/aromatic N) is 2. The third-order valence-electron chi connectivity index (χ3n) is 5.24. The van der Waals surface area contributed by atoms with Gasteiger partial charge in [0.25, 0.3) is 0 Å². The fourth-order valence-electron chi connectivity index (χ4n) is 3.41. The van der Waals surface area contributed by atoms with Crippen LogP contribution in [-0.2, 0) is 0 Å². The molecular weight excluding hydrogens is 306 g/mol. The quantitative estimate of drug-likeness (QED) is 0.732. The molecule has 0 aromatic heterocycles. The van der Waals surface area contributed by atoms with Crippen LogP contribution in [0.3, 0.4) is 0 Å². The van der Waals surface area contributed by atoms with Gasteiger partial charge in [-0.1, -0.05) is 31.7 Å². The van der Waals surface area contributed by atoms with Gasteiger partial charge >= 0.3 is 0 Å². The molecule has 1 aromatic carbocycles. The van der Waals surface area contributed by atoms with Crippen molar-refractivity contribution < 1.29 is 0 Å². The van der Waals surface area contributed by atoms with Gasteiger partial charge in [-0.15, -0.1) is 0 Å². The van der Waals surface area contributed by atoms with E-state index >= 15 is 0 Å². The Hall–Kier alpha value is -2.55. The van der Waals surface area contributed by atoms with Crippen molar-refractivity contribution in [3.05, 3.63) is 72.5 Å². The van der Waals surface area contributed by atoms with E-state index in [1.165, 1.54) is 41.7 Å². The first-order chi connectivity index (χ1) is 12.0. The highest BCUT2D eigenvalue weighted by atomic mass is 15.2. The summed E-state index contributed by atoms with van der Waals surface area (Å²) in [6.45, 7) is 14.5. The molecule has 25 heavy (non-hydrogen) atoms. The van der Waals surface area contributed by atoms with Crippen molar-refractivity contribution in [1.29, 1.82) is 0 Å². The summed E-state index contributed by atoms with van der Waals surface area (Å²) in [4.78, 5) is 6.77. The van der Waals surface area contributed by atoms with E-state index in [4.69, 9.17) is 0 Å². The second kappa shape index (κ2) is 7.14. The minimum Gasteiger partial charge on any atom is -0.362 e. The number of rotatable bonds is 5. The van der Waals surface area contributed by atoms with Crippen LogP contribution in [0.1, 0.15) is 44.2 Å². The Balaban J connectivity index is 2.03. The third-order valence-corrected chi connectivity index (χ3v) is 5.24. The van der Waals surface area contributed by atoms with E-state index in [1.807, 2.05) is 12.4 Å². The van der Waals surface area contributed by atoms with Crippen molar-refractivity contribution in [3.63, 3.8) is 0 Å². The molecule has 0 saturated heterocycles. The maximum Gasteiger partial charge on any atom is 0.0701 e. The molecule has 0 atom stereocenters. The molecule has 1 fully saturated rings. The summed E-state index contributed by atoms with van der Waals surface area (Å²) < 4.78 is 0. The van der Waals surface area contributed by atoms with Crippen LogP contribution in [0, 0.1) is 12.8 Å². The second-order valence-electron chi connectivity index (χ2n) is 6.85. The van der Waals surface area contributed by atoms with Crippen molar-refractivity contribution >= 4 is 17.0 Å². The molecule has 2 aliphatic rings. The molecule has 0 radical (unpaired) electrons. The zero-order chi connectivity index (χ0) is 18.0. The van der Waals surface area contributed by atoms with Crippen LogP contribution >= 0.6 is 0 Å². The Morgan fingerprint density at radius 1 is 1.32 bits per heavy atom. The largest absolute Gasteiger partial charge is 0.362 e. The minimum atomic E-state index is 0.592. The van der Waals surface area contributed by atoms with Gasteiger partial charge < -0.3 is 10.2 Å². The molecule has 0 spiro atoms. The smallest absolute Gasteiger partial charge is 0.0701 e. The van der Waals surface area contributed by atoms with Crippen molar-refractivity contribution in [2.24, 2.45) is 10.9 Å². The lowest BCUT2D eigenvalue weighted by Gasteiger charge is -2.37. The molecule has 3 heteroatoms. The summed E-state index contributed by atoms with van der Waals surface area (Å²) in [6.07, 6.45) is 9.42. The molecular formula is C22H27N3. The molecule has 0 unspecified atom stereocenters. The van der Waals surface area contributed by atoms with Crippen molar-refractivity contribution in [2.75, 3.05) is 5.32 Å². The molecule has 130 valence electrons. The van der Waals surface area contributed by atoms with Crippen LogP contribution in [0.15, 0.2) is 66.3 Å². The Kier molecular flexibility index (Phi) is 4.93. The molecule has 3 rings (SSSR count). The predicted molar refractivity (Wildman–Crippen MR) is 108 cm³/mol. The van der Waals surface area contributed by atoms with Gasteiger partial charge in [0.05, 0.1) is 11.4 Å². The van der Waals surface area contributed by atoms with E-state index in [0.717, 1.165) is 17.1 Å². The molecule has 1 aromatic rings. The van der Waals surface area contributed by atoms with Crippen LogP contribution in [0.5, 0.6) is 0 Å². The summed E-state index contributed by atoms with van der Waals surface area (Å²) in [5.41, 5.74) is 8.03. The van der Waals surface area contributed by atoms with Crippen molar-refractivity contribution in [3.8, 4) is 0 Å². The Morgan fingerprint density at radius 2 is 2.08 bits per heavy atom. The first-order valence-electron chi connectivity index (χ1n) is 8.91. The van der Waals surface area contributed by atoms with Gasteiger partial charge in [-0.25, -0.2) is 0 Å². The molecule has 0 bridgehead atoms. The van der Waals surface area contributed by atoms with Gasteiger partial charge in [0, 0.05) is 23.8 Å². The highest BCUT2D eigenvalue weighted by Crippen LogP contribution is 2.38. The van der Waals surface area contributed by atoms with Gasteiger partial charge in [0.15, 0.2) is 0 Å². The van der Waals surface area contributed by atoms with Crippen molar-refractivity contribution in [2.45, 2.75) is 40.0 Å². The molecule has 1 saturated carbocycles. The van der Waals surface area contributed by atoms with Crippen LogP contribution < -0.4 is 5.32 Å². The average molecular weight is 333 g/mol. The summed E-state index contributed by atoms with van der Waals surface area (Å²) in [7, 11) is 0.